The number of halogens is 2. The van der Waals surface area contributed by atoms with E-state index in [4.69, 9.17) is 17.3 Å². The van der Waals surface area contributed by atoms with Crippen LogP contribution in [0.5, 0.6) is 0 Å². The first-order valence-corrected chi connectivity index (χ1v) is 8.77. The van der Waals surface area contributed by atoms with Gasteiger partial charge in [-0.15, -0.1) is 0 Å². The topological polar surface area (TPSA) is 83.6 Å². The smallest absolute Gasteiger partial charge is 0.244 e. The molecule has 0 saturated carbocycles. The first-order valence-electron chi connectivity index (χ1n) is 6.16. The number of nitrogens with zero attached hydrogens (tertiary/aromatic N) is 1. The summed E-state index contributed by atoms with van der Waals surface area (Å²) in [5.74, 6) is 0.116. The maximum absolute atomic E-state index is 12.7. The van der Waals surface area contributed by atoms with Crippen molar-refractivity contribution >= 4 is 43.2 Å². The first-order chi connectivity index (χ1) is 9.28. The van der Waals surface area contributed by atoms with Crippen LogP contribution in [-0.4, -0.2) is 37.0 Å². The molecule has 0 aliphatic carbocycles. The van der Waals surface area contributed by atoms with Crippen LogP contribution in [-0.2, 0) is 10.0 Å². The van der Waals surface area contributed by atoms with Crippen LogP contribution >= 0.6 is 27.5 Å². The maximum Gasteiger partial charge on any atom is 0.244 e. The first kappa shape index (κ1) is 16.0. The minimum atomic E-state index is -3.75. The monoisotopic (exact) mass is 382 g/mol. The lowest BCUT2D eigenvalue weighted by Gasteiger charge is -2.25. The summed E-state index contributed by atoms with van der Waals surface area (Å²) in [7, 11) is -3.75. The number of hydrogen-bond acceptors (Lipinski definition) is 4. The maximum atomic E-state index is 12.7. The van der Waals surface area contributed by atoms with Crippen molar-refractivity contribution in [3.8, 4) is 0 Å². The highest BCUT2D eigenvalue weighted by molar-refractivity contribution is 9.10. The van der Waals surface area contributed by atoms with Crippen LogP contribution in [0.3, 0.4) is 0 Å². The molecule has 1 saturated heterocycles. The van der Waals surface area contributed by atoms with Gasteiger partial charge in [0, 0.05) is 17.3 Å². The van der Waals surface area contributed by atoms with E-state index in [2.05, 4.69) is 15.9 Å². The Morgan fingerprint density at radius 1 is 1.55 bits per heavy atom. The van der Waals surface area contributed by atoms with Gasteiger partial charge in [0.1, 0.15) is 0 Å². The van der Waals surface area contributed by atoms with Crippen molar-refractivity contribution in [1.29, 1.82) is 0 Å². The number of hydrogen-bond donors (Lipinski definition) is 2. The quantitative estimate of drug-likeness (QED) is 0.783. The summed E-state index contributed by atoms with van der Waals surface area (Å²) >= 11 is 9.10. The van der Waals surface area contributed by atoms with Crippen LogP contribution in [0.15, 0.2) is 21.5 Å². The molecule has 8 heteroatoms. The van der Waals surface area contributed by atoms with Crippen LogP contribution in [0, 0.1) is 5.92 Å². The number of sulfonamides is 1. The highest BCUT2D eigenvalue weighted by Gasteiger charge is 2.40. The Hall–Kier alpha value is -0.340. The molecule has 5 nitrogen and oxygen atoms in total. The van der Waals surface area contributed by atoms with Gasteiger partial charge in [-0.25, -0.2) is 8.42 Å². The van der Waals surface area contributed by atoms with E-state index in [9.17, 15) is 13.5 Å². The van der Waals surface area contributed by atoms with E-state index in [-0.39, 0.29) is 28.1 Å². The molecule has 3 N–H and O–H groups in total. The number of benzene rings is 1. The molecule has 1 aliphatic rings. The largest absolute Gasteiger partial charge is 0.398 e. The third-order valence-corrected chi connectivity index (χ3v) is 6.95. The molecular weight excluding hydrogens is 368 g/mol. The zero-order valence-corrected chi connectivity index (χ0v) is 14.0. The van der Waals surface area contributed by atoms with E-state index in [1.54, 1.807) is 0 Å². The van der Waals surface area contributed by atoms with Crippen LogP contribution < -0.4 is 5.73 Å². The van der Waals surface area contributed by atoms with Crippen LogP contribution in [0.4, 0.5) is 5.69 Å². The van der Waals surface area contributed by atoms with E-state index < -0.39 is 16.1 Å². The second kappa shape index (κ2) is 5.81. The molecule has 0 bridgehead atoms. The molecule has 1 aliphatic heterocycles. The Morgan fingerprint density at radius 3 is 2.80 bits per heavy atom. The van der Waals surface area contributed by atoms with E-state index in [1.165, 1.54) is 16.4 Å². The average molecular weight is 384 g/mol. The normalized spacial score (nSPS) is 24.2. The summed E-state index contributed by atoms with van der Waals surface area (Å²) in [5, 5.41) is 9.69. The van der Waals surface area contributed by atoms with Gasteiger partial charge in [-0.3, -0.25) is 0 Å². The van der Waals surface area contributed by atoms with Crippen LogP contribution in [0.1, 0.15) is 13.3 Å². The number of anilines is 1. The number of nitrogens with two attached hydrogens (primary N) is 1. The lowest BCUT2D eigenvalue weighted by molar-refractivity contribution is 0.191. The highest BCUT2D eigenvalue weighted by Crippen LogP contribution is 2.36. The molecular formula is C12H16BrClN2O3S. The summed E-state index contributed by atoms with van der Waals surface area (Å²) < 4.78 is 27.1. The molecule has 0 amide bonds. The third kappa shape index (κ3) is 2.69. The summed E-state index contributed by atoms with van der Waals surface area (Å²) in [6, 6.07) is 2.45. The van der Waals surface area contributed by atoms with Crippen molar-refractivity contribution in [2.75, 3.05) is 18.9 Å². The van der Waals surface area contributed by atoms with Crippen LogP contribution in [0.2, 0.25) is 5.02 Å². The standard InChI is InChI=1S/C12H16BrClN2O3S/c1-7-2-3-16(10(7)6-17)20(18,19)11-5-8(14)4-9(15)12(11)13/h4-5,7,10,17H,2-3,6,15H2,1H3. The van der Waals surface area contributed by atoms with E-state index in [0.29, 0.717) is 11.0 Å². The zero-order chi connectivity index (χ0) is 15.1. The minimum Gasteiger partial charge on any atom is -0.398 e. The Bertz CT molecular complexity index is 623. The molecule has 2 rings (SSSR count). The second-order valence-corrected chi connectivity index (χ2v) is 8.03. The number of aliphatic hydroxyl groups is 1. The summed E-state index contributed by atoms with van der Waals surface area (Å²) in [6.07, 6.45) is 0.720. The van der Waals surface area contributed by atoms with Gasteiger partial charge in [-0.2, -0.15) is 4.31 Å². The Kier molecular flexibility index (Phi) is 4.66. The van der Waals surface area contributed by atoms with Crippen molar-refractivity contribution in [1.82, 2.24) is 4.31 Å². The van der Waals surface area contributed by atoms with Crippen molar-refractivity contribution in [3.05, 3.63) is 21.6 Å². The van der Waals surface area contributed by atoms with Gasteiger partial charge in [-0.1, -0.05) is 18.5 Å². The number of aliphatic hydroxyl groups excluding tert-OH is 1. The molecule has 1 fully saturated rings. The van der Waals surface area contributed by atoms with Gasteiger partial charge in [0.2, 0.25) is 10.0 Å². The molecule has 0 aromatic heterocycles. The SMILES string of the molecule is CC1CCN(S(=O)(=O)c2cc(Cl)cc(N)c2Br)C1CO. The van der Waals surface area contributed by atoms with E-state index in [0.717, 1.165) is 6.42 Å². The van der Waals surface area contributed by atoms with Crippen molar-refractivity contribution < 1.29 is 13.5 Å². The Balaban J connectivity index is 2.51. The molecule has 2 unspecified atom stereocenters. The predicted molar refractivity (Wildman–Crippen MR) is 82.1 cm³/mol. The molecule has 112 valence electrons. The van der Waals surface area contributed by atoms with Crippen molar-refractivity contribution in [2.24, 2.45) is 5.92 Å². The third-order valence-electron chi connectivity index (χ3n) is 3.64. The predicted octanol–water partition coefficient (Wildman–Crippen LogP) is 2.08. The second-order valence-electron chi connectivity index (χ2n) is 4.94. The van der Waals surface area contributed by atoms with Gasteiger partial charge in [0.15, 0.2) is 0 Å². The van der Waals surface area contributed by atoms with Crippen molar-refractivity contribution in [2.45, 2.75) is 24.3 Å². The van der Waals surface area contributed by atoms with Crippen molar-refractivity contribution in [3.63, 3.8) is 0 Å². The summed E-state index contributed by atoms with van der Waals surface area (Å²) in [6.45, 7) is 2.11. The summed E-state index contributed by atoms with van der Waals surface area (Å²) in [4.78, 5) is 0.0371. The minimum absolute atomic E-state index is 0.0371. The fourth-order valence-electron chi connectivity index (χ4n) is 2.44. The fourth-order valence-corrected chi connectivity index (χ4v) is 5.42. The molecule has 1 aromatic rings. The average Bonchev–Trinajstić information content (AvgIpc) is 2.75. The Morgan fingerprint density at radius 2 is 2.20 bits per heavy atom. The highest BCUT2D eigenvalue weighted by atomic mass is 79.9. The molecule has 0 spiro atoms. The molecule has 1 heterocycles. The lowest BCUT2D eigenvalue weighted by atomic mass is 10.0. The van der Waals surface area contributed by atoms with Gasteiger partial charge >= 0.3 is 0 Å². The molecule has 20 heavy (non-hydrogen) atoms. The molecule has 0 radical (unpaired) electrons. The van der Waals surface area contributed by atoms with E-state index in [1.807, 2.05) is 6.92 Å². The van der Waals surface area contributed by atoms with E-state index >= 15 is 0 Å². The van der Waals surface area contributed by atoms with Gasteiger partial charge in [0.25, 0.3) is 0 Å². The van der Waals surface area contributed by atoms with Gasteiger partial charge in [0.05, 0.1) is 22.0 Å². The molecule has 2 atom stereocenters. The lowest BCUT2D eigenvalue weighted by Crippen LogP contribution is -2.39. The zero-order valence-electron chi connectivity index (χ0n) is 10.9. The number of nitrogen functional groups attached to an aromatic ring is 1. The summed E-state index contributed by atoms with van der Waals surface area (Å²) in [5.41, 5.74) is 6.02. The Labute approximate surface area is 131 Å². The van der Waals surface area contributed by atoms with Gasteiger partial charge in [-0.05, 0) is 40.4 Å². The molecule has 1 aromatic carbocycles. The van der Waals surface area contributed by atoms with Gasteiger partial charge < -0.3 is 10.8 Å². The number of rotatable bonds is 3. The fraction of sp³-hybridized carbons (Fsp3) is 0.500. The van der Waals surface area contributed by atoms with Crippen LogP contribution in [0.25, 0.3) is 0 Å².